The van der Waals surface area contributed by atoms with Gasteiger partial charge in [-0.3, -0.25) is 0 Å². The van der Waals surface area contributed by atoms with Crippen molar-refractivity contribution in [2.24, 2.45) is 5.41 Å². The number of aliphatic hydroxyl groups excluding tert-OH is 1. The summed E-state index contributed by atoms with van der Waals surface area (Å²) in [5.74, 6) is 0. The Morgan fingerprint density at radius 2 is 1.14 bits per heavy atom. The highest BCUT2D eigenvalue weighted by Gasteiger charge is 2.02. The van der Waals surface area contributed by atoms with E-state index >= 15 is 0 Å². The third-order valence-electron chi connectivity index (χ3n) is 2.64. The van der Waals surface area contributed by atoms with Crippen LogP contribution in [0.3, 0.4) is 0 Å². The molecule has 0 fully saturated rings. The Balaban J connectivity index is 0.000000219. The van der Waals surface area contributed by atoms with Crippen LogP contribution in [-0.4, -0.2) is 5.11 Å². The molecule has 0 aliphatic rings. The van der Waals surface area contributed by atoms with Crippen molar-refractivity contribution in [2.45, 2.75) is 20.8 Å². The van der Waals surface area contributed by atoms with Crippen LogP contribution in [-0.2, 0) is 0 Å². The first-order valence-electron chi connectivity index (χ1n) is 7.11. The fraction of sp³-hybridized carbons (Fsp3) is 0.200. The Bertz CT molecular complexity index is 545. The molecule has 2 rings (SSSR count). The van der Waals surface area contributed by atoms with E-state index < -0.39 is 0 Å². The first kappa shape index (κ1) is 16.8. The van der Waals surface area contributed by atoms with Crippen molar-refractivity contribution in [3.8, 4) is 0 Å². The van der Waals surface area contributed by atoms with E-state index in [0.717, 1.165) is 11.8 Å². The second-order valence-electron chi connectivity index (χ2n) is 5.84. The summed E-state index contributed by atoms with van der Waals surface area (Å²) in [6, 6.07) is 20.0. The van der Waals surface area contributed by atoms with Crippen molar-refractivity contribution in [2.75, 3.05) is 0 Å². The maximum Gasteiger partial charge on any atom is 0.0797 e. The van der Waals surface area contributed by atoms with E-state index in [2.05, 4.69) is 57.2 Å². The normalized spacial score (nSPS) is 11.4. The molecular weight excluding hydrogens is 256 g/mol. The zero-order chi connectivity index (χ0) is 15.6. The Morgan fingerprint density at radius 1 is 0.714 bits per heavy atom. The van der Waals surface area contributed by atoms with Gasteiger partial charge in [-0.1, -0.05) is 93.6 Å². The van der Waals surface area contributed by atoms with Crippen molar-refractivity contribution < 1.29 is 5.11 Å². The lowest BCUT2D eigenvalue weighted by Crippen LogP contribution is -1.97. The van der Waals surface area contributed by atoms with Crippen molar-refractivity contribution in [1.82, 2.24) is 0 Å². The largest absolute Gasteiger partial charge is 0.516 e. The van der Waals surface area contributed by atoms with Gasteiger partial charge in [0.25, 0.3) is 0 Å². The molecule has 0 amide bonds. The molecule has 0 aromatic heterocycles. The summed E-state index contributed by atoms with van der Waals surface area (Å²) in [4.78, 5) is 0. The van der Waals surface area contributed by atoms with Gasteiger partial charge in [-0.2, -0.15) is 0 Å². The van der Waals surface area contributed by atoms with Crippen LogP contribution in [0.25, 0.3) is 12.2 Å². The van der Waals surface area contributed by atoms with E-state index in [4.69, 9.17) is 5.11 Å². The average molecular weight is 280 g/mol. The summed E-state index contributed by atoms with van der Waals surface area (Å²) >= 11 is 0. The Hall–Kier alpha value is -2.28. The van der Waals surface area contributed by atoms with Crippen LogP contribution in [0.2, 0.25) is 0 Å². The maximum absolute atomic E-state index is 8.34. The van der Waals surface area contributed by atoms with E-state index in [1.807, 2.05) is 36.4 Å². The highest BCUT2D eigenvalue weighted by atomic mass is 16.2. The van der Waals surface area contributed by atoms with Gasteiger partial charge in [-0.25, -0.2) is 0 Å². The Kier molecular flexibility index (Phi) is 7.03. The molecule has 1 heteroatoms. The van der Waals surface area contributed by atoms with Gasteiger partial charge in [0.05, 0.1) is 6.26 Å². The van der Waals surface area contributed by atoms with Crippen molar-refractivity contribution in [3.63, 3.8) is 0 Å². The van der Waals surface area contributed by atoms with Gasteiger partial charge in [0.1, 0.15) is 0 Å². The summed E-state index contributed by atoms with van der Waals surface area (Å²) in [6.07, 6.45) is 7.07. The molecule has 2 aromatic rings. The fourth-order valence-corrected chi connectivity index (χ4v) is 1.56. The van der Waals surface area contributed by atoms with Gasteiger partial charge in [0.15, 0.2) is 0 Å². The SMILES string of the molecule is CC(C)(C)C=Cc1ccccc1.OC=Cc1ccccc1. The Labute approximate surface area is 128 Å². The monoisotopic (exact) mass is 280 g/mol. The molecule has 1 nitrogen and oxygen atoms in total. The lowest BCUT2D eigenvalue weighted by Gasteiger charge is -2.10. The highest BCUT2D eigenvalue weighted by Crippen LogP contribution is 2.16. The van der Waals surface area contributed by atoms with Crippen LogP contribution in [0.1, 0.15) is 31.9 Å². The topological polar surface area (TPSA) is 20.2 Å². The minimum absolute atomic E-state index is 0.274. The molecular formula is C20H24O. The van der Waals surface area contributed by atoms with E-state index in [1.165, 1.54) is 5.56 Å². The summed E-state index contributed by atoms with van der Waals surface area (Å²) in [7, 11) is 0. The number of hydrogen-bond acceptors (Lipinski definition) is 1. The zero-order valence-electron chi connectivity index (χ0n) is 13.0. The molecule has 0 aliphatic heterocycles. The third-order valence-corrected chi connectivity index (χ3v) is 2.64. The summed E-state index contributed by atoms with van der Waals surface area (Å²) in [5.41, 5.74) is 2.56. The van der Waals surface area contributed by atoms with Gasteiger partial charge >= 0.3 is 0 Å². The van der Waals surface area contributed by atoms with Gasteiger partial charge < -0.3 is 5.11 Å². The molecule has 110 valence electrons. The number of benzene rings is 2. The quantitative estimate of drug-likeness (QED) is 0.673. The van der Waals surface area contributed by atoms with E-state index in [0.29, 0.717) is 0 Å². The van der Waals surface area contributed by atoms with Crippen molar-refractivity contribution >= 4 is 12.2 Å². The average Bonchev–Trinajstić information content (AvgIpc) is 2.48. The van der Waals surface area contributed by atoms with Crippen LogP contribution < -0.4 is 0 Å². The number of rotatable bonds is 2. The molecule has 0 radical (unpaired) electrons. The van der Waals surface area contributed by atoms with Crippen LogP contribution >= 0.6 is 0 Å². The molecule has 2 aromatic carbocycles. The first-order chi connectivity index (χ1) is 10.0. The predicted octanol–water partition coefficient (Wildman–Crippen LogP) is 5.96. The molecule has 0 spiro atoms. The third kappa shape index (κ3) is 8.48. The standard InChI is InChI=1S/C12H16.C8H8O/c1-12(2,3)10-9-11-7-5-4-6-8-11;9-7-6-8-4-2-1-3-5-8/h4-10H,1-3H3;1-7,9H. The van der Waals surface area contributed by atoms with Crippen LogP contribution in [0.4, 0.5) is 0 Å². The zero-order valence-corrected chi connectivity index (χ0v) is 13.0. The van der Waals surface area contributed by atoms with Crippen LogP contribution in [0.5, 0.6) is 0 Å². The minimum Gasteiger partial charge on any atom is -0.516 e. The van der Waals surface area contributed by atoms with E-state index in [-0.39, 0.29) is 5.41 Å². The van der Waals surface area contributed by atoms with Gasteiger partial charge in [0, 0.05) is 0 Å². The van der Waals surface area contributed by atoms with E-state index in [1.54, 1.807) is 6.08 Å². The predicted molar refractivity (Wildman–Crippen MR) is 93.0 cm³/mol. The van der Waals surface area contributed by atoms with Crippen LogP contribution in [0.15, 0.2) is 73.0 Å². The molecule has 1 N–H and O–H groups in total. The smallest absolute Gasteiger partial charge is 0.0797 e. The molecule has 0 aliphatic carbocycles. The van der Waals surface area contributed by atoms with Gasteiger partial charge in [-0.15, -0.1) is 0 Å². The molecule has 0 atom stereocenters. The molecule has 21 heavy (non-hydrogen) atoms. The highest BCUT2D eigenvalue weighted by molar-refractivity contribution is 5.49. The van der Waals surface area contributed by atoms with Crippen molar-refractivity contribution in [3.05, 3.63) is 84.1 Å². The lowest BCUT2D eigenvalue weighted by atomic mass is 9.95. The number of allylic oxidation sites excluding steroid dienone is 1. The fourth-order valence-electron chi connectivity index (χ4n) is 1.56. The molecule has 0 saturated carbocycles. The molecule has 0 unspecified atom stereocenters. The molecule has 0 bridgehead atoms. The number of aliphatic hydroxyl groups is 1. The lowest BCUT2D eigenvalue weighted by molar-refractivity contribution is 0.478. The summed E-state index contributed by atoms with van der Waals surface area (Å²) < 4.78 is 0. The first-order valence-corrected chi connectivity index (χ1v) is 7.11. The van der Waals surface area contributed by atoms with Gasteiger partial charge in [0.2, 0.25) is 0 Å². The summed E-state index contributed by atoms with van der Waals surface area (Å²) in [6.45, 7) is 6.60. The van der Waals surface area contributed by atoms with Crippen LogP contribution in [0, 0.1) is 5.41 Å². The second kappa shape index (κ2) is 8.80. The second-order valence-corrected chi connectivity index (χ2v) is 5.84. The molecule has 0 saturated heterocycles. The van der Waals surface area contributed by atoms with Crippen molar-refractivity contribution in [1.29, 1.82) is 0 Å². The van der Waals surface area contributed by atoms with E-state index in [9.17, 15) is 0 Å². The number of hydrogen-bond donors (Lipinski definition) is 1. The molecule has 0 heterocycles. The van der Waals surface area contributed by atoms with Gasteiger partial charge in [-0.05, 0) is 22.6 Å². The summed E-state index contributed by atoms with van der Waals surface area (Å²) in [5, 5.41) is 8.34. The maximum atomic E-state index is 8.34. The Morgan fingerprint density at radius 3 is 1.52 bits per heavy atom. The minimum atomic E-state index is 0.274.